The molecule has 1 aliphatic heterocycles. The van der Waals surface area contributed by atoms with E-state index in [1.807, 2.05) is 19.1 Å². The first-order valence-corrected chi connectivity index (χ1v) is 10.2. The van der Waals surface area contributed by atoms with Crippen LogP contribution < -0.4 is 24.6 Å². The minimum atomic E-state index is -0.122. The highest BCUT2D eigenvalue weighted by Gasteiger charge is 2.31. The number of benzene rings is 2. The quantitative estimate of drug-likeness (QED) is 0.595. The predicted molar refractivity (Wildman–Crippen MR) is 114 cm³/mol. The van der Waals surface area contributed by atoms with E-state index in [4.69, 9.17) is 14.7 Å². The Labute approximate surface area is 177 Å². The first kappa shape index (κ1) is 21.6. The van der Waals surface area contributed by atoms with Gasteiger partial charge >= 0.3 is 0 Å². The van der Waals surface area contributed by atoms with Gasteiger partial charge in [0.25, 0.3) is 5.91 Å². The molecule has 0 aromatic heterocycles. The largest absolute Gasteiger partial charge is 0.493 e. The Hall–Kier alpha value is -3.08. The number of quaternary nitrogens is 2. The van der Waals surface area contributed by atoms with Crippen LogP contribution in [0.2, 0.25) is 0 Å². The molecule has 1 heterocycles. The molecule has 1 fully saturated rings. The van der Waals surface area contributed by atoms with Gasteiger partial charge in [-0.3, -0.25) is 4.79 Å². The molecule has 7 nitrogen and oxygen atoms in total. The van der Waals surface area contributed by atoms with Gasteiger partial charge in [-0.25, -0.2) is 0 Å². The molecule has 0 radical (unpaired) electrons. The van der Waals surface area contributed by atoms with E-state index in [-0.39, 0.29) is 11.9 Å². The summed E-state index contributed by atoms with van der Waals surface area (Å²) in [6.07, 6.45) is 0. The van der Waals surface area contributed by atoms with Gasteiger partial charge in [0, 0.05) is 11.3 Å². The Bertz CT molecular complexity index is 900. The van der Waals surface area contributed by atoms with Crippen LogP contribution in [0.4, 0.5) is 5.69 Å². The van der Waals surface area contributed by atoms with Crippen LogP contribution >= 0.6 is 0 Å². The highest BCUT2D eigenvalue weighted by atomic mass is 16.5. The van der Waals surface area contributed by atoms with E-state index >= 15 is 0 Å². The van der Waals surface area contributed by atoms with Crippen LogP contribution in [0.1, 0.15) is 18.1 Å². The normalized spacial score (nSPS) is 19.4. The van der Waals surface area contributed by atoms with Crippen molar-refractivity contribution < 1.29 is 24.1 Å². The first-order chi connectivity index (χ1) is 14.5. The van der Waals surface area contributed by atoms with Gasteiger partial charge in [-0.1, -0.05) is 0 Å². The van der Waals surface area contributed by atoms with Crippen LogP contribution in [0.15, 0.2) is 42.5 Å². The average Bonchev–Trinajstić information content (AvgIpc) is 2.79. The van der Waals surface area contributed by atoms with Gasteiger partial charge in [-0.05, 0) is 49.4 Å². The number of nitrogens with one attached hydrogen (secondary N) is 3. The molecule has 0 unspecified atom stereocenters. The smallest absolute Gasteiger partial charge is 0.282 e. The maximum Gasteiger partial charge on any atom is 0.282 e. The van der Waals surface area contributed by atoms with E-state index in [1.54, 1.807) is 38.5 Å². The monoisotopic (exact) mass is 410 g/mol. The molecular weight excluding hydrogens is 380 g/mol. The molecule has 7 heteroatoms. The molecular formula is C23H30N4O3+2. The number of piperazine rings is 1. The number of nitriles is 1. The van der Waals surface area contributed by atoms with E-state index in [2.05, 4.69) is 17.5 Å². The molecule has 0 spiro atoms. The van der Waals surface area contributed by atoms with Crippen molar-refractivity contribution in [2.75, 3.05) is 45.7 Å². The number of carbonyl (C=O) groups excluding carboxylic acids is 1. The zero-order valence-corrected chi connectivity index (χ0v) is 17.8. The molecule has 2 aromatic carbocycles. The highest BCUT2D eigenvalue weighted by Crippen LogP contribution is 2.27. The third-order valence-corrected chi connectivity index (χ3v) is 5.79. The van der Waals surface area contributed by atoms with Crippen molar-refractivity contribution >= 4 is 11.6 Å². The standard InChI is InChI=1S/C23H28N4O3/c1-17(23(28)25-20-7-4-18(15-24)5-8-20)27-12-10-26(11-13-27)16-19-6-9-21(29-2)22(14-19)30-3/h4-9,14,17H,10-13,16H2,1-3H3,(H,25,28)/p+2/t17-/m1/s1. The minimum absolute atomic E-state index is 0.0121. The second kappa shape index (κ2) is 10.1. The molecule has 3 rings (SSSR count). The number of hydrogen-bond donors (Lipinski definition) is 3. The molecule has 2 aromatic rings. The number of nitrogens with zero attached hydrogens (tertiary/aromatic N) is 1. The molecule has 1 aliphatic rings. The third-order valence-electron chi connectivity index (χ3n) is 5.79. The number of carbonyl (C=O) groups is 1. The molecule has 0 aliphatic carbocycles. The van der Waals surface area contributed by atoms with Crippen molar-refractivity contribution in [1.29, 1.82) is 5.26 Å². The van der Waals surface area contributed by atoms with Crippen molar-refractivity contribution in [3.63, 3.8) is 0 Å². The fraction of sp³-hybridized carbons (Fsp3) is 0.391. The van der Waals surface area contributed by atoms with Crippen molar-refractivity contribution in [3.05, 3.63) is 53.6 Å². The van der Waals surface area contributed by atoms with Gasteiger partial charge in [0.1, 0.15) is 32.7 Å². The maximum absolute atomic E-state index is 12.6. The minimum Gasteiger partial charge on any atom is -0.493 e. The number of hydrogen-bond acceptors (Lipinski definition) is 4. The Morgan fingerprint density at radius 1 is 1.07 bits per heavy atom. The van der Waals surface area contributed by atoms with Crippen LogP contribution in [-0.4, -0.2) is 52.3 Å². The maximum atomic E-state index is 12.6. The second-order valence-corrected chi connectivity index (χ2v) is 7.67. The number of amides is 1. The lowest BCUT2D eigenvalue weighted by Gasteiger charge is -2.32. The van der Waals surface area contributed by atoms with Gasteiger partial charge in [-0.2, -0.15) is 5.26 Å². The molecule has 30 heavy (non-hydrogen) atoms. The Balaban J connectivity index is 1.50. The molecule has 158 valence electrons. The van der Waals surface area contributed by atoms with Gasteiger partial charge in [-0.15, -0.1) is 0 Å². The lowest BCUT2D eigenvalue weighted by atomic mass is 10.1. The van der Waals surface area contributed by atoms with Crippen LogP contribution in [0, 0.1) is 11.3 Å². The van der Waals surface area contributed by atoms with Gasteiger partial charge in [0.15, 0.2) is 17.5 Å². The average molecular weight is 411 g/mol. The highest BCUT2D eigenvalue weighted by molar-refractivity contribution is 5.93. The summed E-state index contributed by atoms with van der Waals surface area (Å²) in [5.74, 6) is 1.51. The van der Waals surface area contributed by atoms with E-state index < -0.39 is 0 Å². The van der Waals surface area contributed by atoms with Crippen LogP contribution in [0.5, 0.6) is 11.5 Å². The Morgan fingerprint density at radius 3 is 2.33 bits per heavy atom. The fourth-order valence-electron chi connectivity index (χ4n) is 3.88. The molecule has 1 amide bonds. The molecule has 3 N–H and O–H groups in total. The summed E-state index contributed by atoms with van der Waals surface area (Å²) in [7, 11) is 3.30. The van der Waals surface area contributed by atoms with Gasteiger partial charge in [0.2, 0.25) is 0 Å². The fourth-order valence-corrected chi connectivity index (χ4v) is 3.88. The summed E-state index contributed by atoms with van der Waals surface area (Å²) >= 11 is 0. The summed E-state index contributed by atoms with van der Waals surface area (Å²) < 4.78 is 10.7. The number of rotatable bonds is 7. The molecule has 1 atom stereocenters. The van der Waals surface area contributed by atoms with Crippen LogP contribution in [0.25, 0.3) is 0 Å². The second-order valence-electron chi connectivity index (χ2n) is 7.67. The molecule has 1 saturated heterocycles. The van der Waals surface area contributed by atoms with Crippen molar-refractivity contribution in [1.82, 2.24) is 0 Å². The summed E-state index contributed by atoms with van der Waals surface area (Å²) in [5.41, 5.74) is 2.53. The van der Waals surface area contributed by atoms with Gasteiger partial charge < -0.3 is 24.6 Å². The zero-order chi connectivity index (χ0) is 21.5. The van der Waals surface area contributed by atoms with Crippen LogP contribution in [-0.2, 0) is 11.3 Å². The number of methoxy groups -OCH3 is 2. The van der Waals surface area contributed by atoms with Crippen LogP contribution in [0.3, 0.4) is 0 Å². The van der Waals surface area contributed by atoms with Gasteiger partial charge in [0.05, 0.1) is 25.9 Å². The lowest BCUT2D eigenvalue weighted by Crippen LogP contribution is -3.29. The Morgan fingerprint density at radius 2 is 1.73 bits per heavy atom. The SMILES string of the molecule is COc1ccc(C[NH+]2CC[NH+]([C@H](C)C(=O)Nc3ccc(C#N)cc3)CC2)cc1OC. The van der Waals surface area contributed by atoms with Crippen molar-refractivity contribution in [2.45, 2.75) is 19.5 Å². The summed E-state index contributed by atoms with van der Waals surface area (Å²) in [5, 5.41) is 11.8. The number of anilines is 1. The Kier molecular flexibility index (Phi) is 7.28. The molecule has 0 bridgehead atoms. The van der Waals surface area contributed by atoms with E-state index in [0.29, 0.717) is 5.56 Å². The van der Waals surface area contributed by atoms with E-state index in [1.165, 1.54) is 15.4 Å². The first-order valence-electron chi connectivity index (χ1n) is 10.2. The summed E-state index contributed by atoms with van der Waals surface area (Å²) in [6.45, 7) is 6.83. The lowest BCUT2D eigenvalue weighted by molar-refractivity contribution is -1.02. The third kappa shape index (κ3) is 5.29. The number of ether oxygens (including phenoxy) is 2. The van der Waals surface area contributed by atoms with Crippen molar-refractivity contribution in [2.24, 2.45) is 0 Å². The van der Waals surface area contributed by atoms with E-state index in [0.717, 1.165) is 49.9 Å². The summed E-state index contributed by atoms with van der Waals surface area (Å²) in [6, 6.07) is 15.0. The predicted octanol–water partition coefficient (Wildman–Crippen LogP) is -0.114. The summed E-state index contributed by atoms with van der Waals surface area (Å²) in [4.78, 5) is 15.4. The van der Waals surface area contributed by atoms with E-state index in [9.17, 15) is 4.79 Å². The topological polar surface area (TPSA) is 80.2 Å². The molecule has 0 saturated carbocycles. The zero-order valence-electron chi connectivity index (χ0n) is 17.8. The van der Waals surface area contributed by atoms with Crippen molar-refractivity contribution in [3.8, 4) is 17.6 Å².